The van der Waals surface area contributed by atoms with E-state index in [1.54, 1.807) is 0 Å². The highest BCUT2D eigenvalue weighted by molar-refractivity contribution is 6.15. The molecule has 2 aromatic rings. The molecule has 0 spiro atoms. The Bertz CT molecular complexity index is 732. The fourth-order valence-electron chi connectivity index (χ4n) is 3.70. The van der Waals surface area contributed by atoms with Crippen LogP contribution in [0.1, 0.15) is 61.8 Å². The quantitative estimate of drug-likeness (QED) is 0.470. The van der Waals surface area contributed by atoms with Crippen LogP contribution in [0, 0.1) is 0 Å². The molecule has 6 radical (unpaired) electrons. The molecule has 0 bridgehead atoms. The van der Waals surface area contributed by atoms with E-state index in [9.17, 15) is 0 Å². The van der Waals surface area contributed by atoms with Crippen LogP contribution in [0.5, 0.6) is 0 Å². The fraction of sp³-hybridized carbons (Fsp3) is 0.333. The Morgan fingerprint density at radius 1 is 0.741 bits per heavy atom. The molecule has 2 unspecified atom stereocenters. The van der Waals surface area contributed by atoms with E-state index in [1.807, 2.05) is 0 Å². The lowest BCUT2D eigenvalue weighted by Crippen LogP contribution is -2.14. The zero-order valence-corrected chi connectivity index (χ0v) is 18.8. The maximum Gasteiger partial charge on any atom is 0.229 e. The van der Waals surface area contributed by atoms with Crippen molar-refractivity contribution in [2.75, 3.05) is 0 Å². The number of benzene rings is 2. The molecule has 2 atom stereocenters. The van der Waals surface area contributed by atoms with Crippen LogP contribution in [0.15, 0.2) is 71.8 Å². The van der Waals surface area contributed by atoms with Crippen LogP contribution in [-0.4, -0.2) is 21.0 Å². The average molecular weight is 389 g/mol. The fourth-order valence-corrected chi connectivity index (χ4v) is 3.70. The van der Waals surface area contributed by atoms with Crippen molar-refractivity contribution >= 4 is 21.0 Å². The van der Waals surface area contributed by atoms with Gasteiger partial charge in [-0.2, -0.15) is 0 Å². The van der Waals surface area contributed by atoms with Gasteiger partial charge in [-0.05, 0) is 62.8 Å². The molecule has 3 heteroatoms. The summed E-state index contributed by atoms with van der Waals surface area (Å²) in [6.07, 6.45) is 7.20. The van der Waals surface area contributed by atoms with E-state index in [2.05, 4.69) is 113 Å². The molecule has 0 heterocycles. The van der Waals surface area contributed by atoms with Crippen molar-refractivity contribution in [2.24, 2.45) is 0 Å². The maximum absolute atomic E-state index is 3.86. The van der Waals surface area contributed by atoms with Gasteiger partial charge in [0, 0.05) is 11.8 Å². The standard InChI is InChI=1S/2C12H14.OSi2/c2*1-9(2)7-11-8-10-5-3-4-6-12(10)11;2-1-3/h2*3-7,11H,8H2,1-2H3;. The Morgan fingerprint density at radius 3 is 1.37 bits per heavy atom. The van der Waals surface area contributed by atoms with Gasteiger partial charge in [0.1, 0.15) is 0 Å². The molecular weight excluding hydrogens is 360 g/mol. The number of fused-ring (bicyclic) bond motifs is 2. The molecule has 0 aromatic heterocycles. The molecule has 27 heavy (non-hydrogen) atoms. The first-order chi connectivity index (χ1) is 13.0. The Kier molecular flexibility index (Phi) is 8.48. The molecule has 138 valence electrons. The topological polar surface area (TPSA) is 9.23 Å². The molecule has 4 rings (SSSR count). The molecule has 0 amide bonds. The van der Waals surface area contributed by atoms with E-state index in [1.165, 1.54) is 46.2 Å². The van der Waals surface area contributed by atoms with Crippen LogP contribution >= 0.6 is 0 Å². The molecule has 0 N–H and O–H groups in total. The summed E-state index contributed by atoms with van der Waals surface area (Å²) in [6, 6.07) is 17.4. The Balaban J connectivity index is 0.000000170. The third kappa shape index (κ3) is 6.16. The van der Waals surface area contributed by atoms with Gasteiger partial charge < -0.3 is 4.12 Å². The van der Waals surface area contributed by atoms with E-state index in [0.717, 1.165) is 0 Å². The molecular formula is C24H28OSi2. The monoisotopic (exact) mass is 388 g/mol. The van der Waals surface area contributed by atoms with Crippen molar-refractivity contribution in [1.82, 2.24) is 0 Å². The molecule has 0 fully saturated rings. The van der Waals surface area contributed by atoms with E-state index in [0.29, 0.717) is 11.8 Å². The number of rotatable bonds is 2. The predicted octanol–water partition coefficient (Wildman–Crippen LogP) is 5.76. The van der Waals surface area contributed by atoms with E-state index < -0.39 is 0 Å². The normalized spacial score (nSPS) is 17.9. The van der Waals surface area contributed by atoms with Crippen molar-refractivity contribution in [1.29, 1.82) is 0 Å². The minimum atomic E-state index is 0.700. The first-order valence-corrected chi connectivity index (χ1v) is 10.2. The lowest BCUT2D eigenvalue weighted by Gasteiger charge is -2.27. The summed E-state index contributed by atoms with van der Waals surface area (Å²) < 4.78 is 3.86. The van der Waals surface area contributed by atoms with Gasteiger partial charge in [0.2, 0.25) is 21.0 Å². The molecule has 1 nitrogen and oxygen atoms in total. The highest BCUT2D eigenvalue weighted by atomic mass is 28.3. The van der Waals surface area contributed by atoms with Gasteiger partial charge in [-0.3, -0.25) is 0 Å². The molecule has 0 saturated heterocycles. The SMILES string of the molecule is CC(C)=CC1Cc2ccccc21.CC(C)=CC1Cc2ccccc21.[Si]O[Si]. The second kappa shape index (κ2) is 10.6. The number of allylic oxidation sites excluding steroid dienone is 4. The Morgan fingerprint density at radius 2 is 1.07 bits per heavy atom. The summed E-state index contributed by atoms with van der Waals surface area (Å²) in [4.78, 5) is 0. The zero-order valence-electron chi connectivity index (χ0n) is 16.8. The molecule has 2 aliphatic carbocycles. The Labute approximate surface area is 171 Å². The van der Waals surface area contributed by atoms with E-state index in [-0.39, 0.29) is 0 Å². The summed E-state index contributed by atoms with van der Waals surface area (Å²) in [5.74, 6) is 1.40. The van der Waals surface area contributed by atoms with Gasteiger partial charge in [-0.25, -0.2) is 0 Å². The van der Waals surface area contributed by atoms with Gasteiger partial charge in [0.05, 0.1) is 0 Å². The van der Waals surface area contributed by atoms with Gasteiger partial charge >= 0.3 is 0 Å². The first kappa shape index (κ1) is 21.6. The van der Waals surface area contributed by atoms with Gasteiger partial charge in [0.15, 0.2) is 0 Å². The molecule has 2 aromatic carbocycles. The lowest BCUT2D eigenvalue weighted by molar-refractivity contribution is 0.690. The molecule has 2 aliphatic rings. The summed E-state index contributed by atoms with van der Waals surface area (Å²) in [6.45, 7) is 8.67. The first-order valence-electron chi connectivity index (χ1n) is 9.41. The summed E-state index contributed by atoms with van der Waals surface area (Å²) in [5.41, 5.74) is 8.96. The van der Waals surface area contributed by atoms with Crippen LogP contribution in [-0.2, 0) is 17.0 Å². The van der Waals surface area contributed by atoms with Gasteiger partial charge in [-0.1, -0.05) is 71.8 Å². The molecule has 0 saturated carbocycles. The van der Waals surface area contributed by atoms with Crippen molar-refractivity contribution < 1.29 is 4.12 Å². The Hall–Kier alpha value is -1.69. The van der Waals surface area contributed by atoms with E-state index >= 15 is 0 Å². The zero-order chi connectivity index (χ0) is 19.8. The smallest absolute Gasteiger partial charge is 0.229 e. The number of hydrogen-bond donors (Lipinski definition) is 0. The average Bonchev–Trinajstić information content (AvgIpc) is 2.59. The van der Waals surface area contributed by atoms with E-state index in [4.69, 9.17) is 0 Å². The van der Waals surface area contributed by atoms with Crippen molar-refractivity contribution in [3.05, 3.63) is 94.1 Å². The largest absolute Gasteiger partial charge is 0.458 e. The van der Waals surface area contributed by atoms with Crippen LogP contribution in [0.4, 0.5) is 0 Å². The number of hydrogen-bond acceptors (Lipinski definition) is 1. The van der Waals surface area contributed by atoms with Crippen molar-refractivity contribution in [2.45, 2.75) is 52.4 Å². The van der Waals surface area contributed by atoms with Crippen LogP contribution in [0.25, 0.3) is 0 Å². The van der Waals surface area contributed by atoms with Crippen molar-refractivity contribution in [3.8, 4) is 0 Å². The highest BCUT2D eigenvalue weighted by Crippen LogP contribution is 2.37. The summed E-state index contributed by atoms with van der Waals surface area (Å²) in [7, 11) is 5.19. The molecule has 0 aliphatic heterocycles. The maximum atomic E-state index is 3.86. The second-order valence-corrected chi connectivity index (χ2v) is 8.43. The lowest BCUT2D eigenvalue weighted by atomic mass is 9.77. The van der Waals surface area contributed by atoms with Gasteiger partial charge in [0.25, 0.3) is 0 Å². The van der Waals surface area contributed by atoms with Crippen molar-refractivity contribution in [3.63, 3.8) is 0 Å². The summed E-state index contributed by atoms with van der Waals surface area (Å²) >= 11 is 0. The highest BCUT2D eigenvalue weighted by Gasteiger charge is 2.23. The third-order valence-electron chi connectivity index (χ3n) is 4.86. The third-order valence-corrected chi connectivity index (χ3v) is 4.86. The van der Waals surface area contributed by atoms with Crippen LogP contribution in [0.3, 0.4) is 0 Å². The minimum Gasteiger partial charge on any atom is -0.458 e. The minimum absolute atomic E-state index is 0.700. The predicted molar refractivity (Wildman–Crippen MR) is 117 cm³/mol. The summed E-state index contributed by atoms with van der Waals surface area (Å²) in [5, 5.41) is 0. The van der Waals surface area contributed by atoms with Crippen LogP contribution in [0.2, 0.25) is 0 Å². The second-order valence-electron chi connectivity index (χ2n) is 7.61. The van der Waals surface area contributed by atoms with Gasteiger partial charge in [-0.15, -0.1) is 0 Å². The van der Waals surface area contributed by atoms with Crippen LogP contribution < -0.4 is 0 Å².